The molecule has 0 saturated heterocycles. The molecule has 1 amide bonds. The molecule has 1 aromatic heterocycles. The van der Waals surface area contributed by atoms with Crippen molar-refractivity contribution in [1.29, 1.82) is 0 Å². The first-order chi connectivity index (χ1) is 14.1. The van der Waals surface area contributed by atoms with Crippen molar-refractivity contribution in [3.63, 3.8) is 0 Å². The van der Waals surface area contributed by atoms with Gasteiger partial charge < -0.3 is 9.88 Å². The first-order valence-electron chi connectivity index (χ1n) is 9.46. The van der Waals surface area contributed by atoms with E-state index in [9.17, 15) is 17.6 Å². The Morgan fingerprint density at radius 3 is 2.07 bits per heavy atom. The van der Waals surface area contributed by atoms with Gasteiger partial charge in [0.05, 0.1) is 10.5 Å². The van der Waals surface area contributed by atoms with Gasteiger partial charge in [-0.2, -0.15) is 0 Å². The highest BCUT2D eigenvalue weighted by Gasteiger charge is 2.18. The number of sulfonamides is 1. The fraction of sp³-hybridized carbons (Fsp3) is 0.227. The van der Waals surface area contributed by atoms with E-state index in [1.54, 1.807) is 24.3 Å². The Morgan fingerprint density at radius 2 is 1.53 bits per heavy atom. The molecule has 0 spiro atoms. The molecule has 0 fully saturated rings. The van der Waals surface area contributed by atoms with E-state index in [2.05, 4.69) is 28.5 Å². The predicted octanol–water partition coefficient (Wildman–Crippen LogP) is 4.88. The van der Waals surface area contributed by atoms with Gasteiger partial charge in [-0.25, -0.2) is 12.8 Å². The van der Waals surface area contributed by atoms with Crippen LogP contribution in [-0.2, 0) is 10.0 Å². The molecule has 2 N–H and O–H groups in total. The lowest BCUT2D eigenvalue weighted by atomic mass is 10.2. The van der Waals surface area contributed by atoms with Gasteiger partial charge in [-0.05, 0) is 82.3 Å². The molecule has 1 heterocycles. The second-order valence-electron chi connectivity index (χ2n) is 7.34. The van der Waals surface area contributed by atoms with Crippen molar-refractivity contribution >= 4 is 27.3 Å². The monoisotopic (exact) mass is 429 g/mol. The molecule has 0 radical (unpaired) electrons. The fourth-order valence-electron chi connectivity index (χ4n) is 3.45. The molecule has 158 valence electrons. The smallest absolute Gasteiger partial charge is 0.261 e. The number of hydrogen-bond donors (Lipinski definition) is 2. The van der Waals surface area contributed by atoms with Gasteiger partial charge in [0.2, 0.25) is 0 Å². The van der Waals surface area contributed by atoms with Gasteiger partial charge in [-0.1, -0.05) is 0 Å². The number of anilines is 2. The highest BCUT2D eigenvalue weighted by atomic mass is 32.2. The molecular formula is C22H24FN3O3S. The fourth-order valence-corrected chi connectivity index (χ4v) is 4.51. The summed E-state index contributed by atoms with van der Waals surface area (Å²) in [7, 11) is -3.83. The molecule has 0 aliphatic rings. The summed E-state index contributed by atoms with van der Waals surface area (Å²) in [4.78, 5) is 12.6. The zero-order valence-corrected chi connectivity index (χ0v) is 18.0. The van der Waals surface area contributed by atoms with Crippen LogP contribution in [0, 0.1) is 19.7 Å². The van der Waals surface area contributed by atoms with E-state index in [0.29, 0.717) is 16.9 Å². The number of rotatable bonds is 6. The topological polar surface area (TPSA) is 80.2 Å². The number of benzene rings is 2. The summed E-state index contributed by atoms with van der Waals surface area (Å²) < 4.78 is 42.3. The maximum absolute atomic E-state index is 13.0. The van der Waals surface area contributed by atoms with Crippen LogP contribution in [0.25, 0.3) is 0 Å². The Kier molecular flexibility index (Phi) is 5.98. The van der Waals surface area contributed by atoms with Crippen LogP contribution in [0.5, 0.6) is 0 Å². The highest BCUT2D eigenvalue weighted by molar-refractivity contribution is 7.92. The van der Waals surface area contributed by atoms with Crippen LogP contribution >= 0.6 is 0 Å². The number of aromatic nitrogens is 1. The molecule has 0 aliphatic carbocycles. The maximum atomic E-state index is 13.0. The average Bonchev–Trinajstić information content (AvgIpc) is 2.98. The lowest BCUT2D eigenvalue weighted by Crippen LogP contribution is -2.14. The third kappa shape index (κ3) is 4.54. The maximum Gasteiger partial charge on any atom is 0.261 e. The first-order valence-corrected chi connectivity index (χ1v) is 10.9. The van der Waals surface area contributed by atoms with Crippen LogP contribution in [0.15, 0.2) is 59.5 Å². The zero-order chi connectivity index (χ0) is 22.1. The normalized spacial score (nSPS) is 11.5. The minimum absolute atomic E-state index is 0.0400. The minimum Gasteiger partial charge on any atom is -0.346 e. The van der Waals surface area contributed by atoms with Crippen molar-refractivity contribution < 1.29 is 17.6 Å². The van der Waals surface area contributed by atoms with Gasteiger partial charge in [0, 0.05) is 28.8 Å². The summed E-state index contributed by atoms with van der Waals surface area (Å²) in [6.07, 6.45) is 0. The average molecular weight is 430 g/mol. The highest BCUT2D eigenvalue weighted by Crippen LogP contribution is 2.23. The van der Waals surface area contributed by atoms with Crippen molar-refractivity contribution in [3.05, 3.63) is 77.4 Å². The van der Waals surface area contributed by atoms with Gasteiger partial charge >= 0.3 is 0 Å². The number of aryl methyl sites for hydroxylation is 1. The molecule has 0 aliphatic heterocycles. The van der Waals surface area contributed by atoms with Crippen LogP contribution in [-0.4, -0.2) is 18.9 Å². The molecule has 8 heteroatoms. The molecule has 2 aromatic carbocycles. The van der Waals surface area contributed by atoms with E-state index in [1.807, 2.05) is 19.9 Å². The number of amides is 1. The molecule has 0 unspecified atom stereocenters. The largest absolute Gasteiger partial charge is 0.346 e. The van der Waals surface area contributed by atoms with Crippen LogP contribution < -0.4 is 10.0 Å². The summed E-state index contributed by atoms with van der Waals surface area (Å²) in [5.74, 6) is -0.738. The molecule has 3 aromatic rings. The second kappa shape index (κ2) is 8.31. The van der Waals surface area contributed by atoms with E-state index in [-0.39, 0.29) is 16.8 Å². The van der Waals surface area contributed by atoms with Gasteiger partial charge in [-0.3, -0.25) is 9.52 Å². The number of halogens is 1. The molecule has 6 nitrogen and oxygen atoms in total. The van der Waals surface area contributed by atoms with Crippen LogP contribution in [0.1, 0.15) is 41.6 Å². The number of nitrogens with one attached hydrogen (secondary N) is 2. The first kappa shape index (κ1) is 21.6. The molecule has 0 atom stereocenters. The molecular weight excluding hydrogens is 405 g/mol. The molecule has 0 bridgehead atoms. The van der Waals surface area contributed by atoms with Crippen LogP contribution in [0.2, 0.25) is 0 Å². The number of carbonyl (C=O) groups is 1. The van der Waals surface area contributed by atoms with Crippen LogP contribution in [0.4, 0.5) is 15.8 Å². The van der Waals surface area contributed by atoms with Gasteiger partial charge in [0.1, 0.15) is 5.82 Å². The van der Waals surface area contributed by atoms with E-state index >= 15 is 0 Å². The van der Waals surface area contributed by atoms with E-state index < -0.39 is 15.8 Å². The zero-order valence-electron chi connectivity index (χ0n) is 17.2. The van der Waals surface area contributed by atoms with Crippen molar-refractivity contribution in [2.75, 3.05) is 10.0 Å². The Hall–Kier alpha value is -3.13. The van der Waals surface area contributed by atoms with Crippen molar-refractivity contribution in [2.24, 2.45) is 0 Å². The van der Waals surface area contributed by atoms with Crippen LogP contribution in [0.3, 0.4) is 0 Å². The standard InChI is InChI=1S/C22H24FN3O3S/c1-14(2)26-15(3)13-21(16(26)4)22(27)24-18-7-9-19(10-8-18)25-30(28,29)20-11-5-17(23)6-12-20/h5-14,25H,1-4H3,(H,24,27). The van der Waals surface area contributed by atoms with Crippen molar-refractivity contribution in [3.8, 4) is 0 Å². The second-order valence-corrected chi connectivity index (χ2v) is 9.02. The third-order valence-electron chi connectivity index (χ3n) is 4.76. The number of carbonyl (C=O) groups excluding carboxylic acids is 1. The Bertz CT molecular complexity index is 1170. The lowest BCUT2D eigenvalue weighted by Gasteiger charge is -2.14. The summed E-state index contributed by atoms with van der Waals surface area (Å²) in [6.45, 7) is 8.00. The lowest BCUT2D eigenvalue weighted by molar-refractivity contribution is 0.102. The predicted molar refractivity (Wildman–Crippen MR) is 116 cm³/mol. The Labute approximate surface area is 175 Å². The molecule has 3 rings (SSSR count). The van der Waals surface area contributed by atoms with Crippen molar-refractivity contribution in [1.82, 2.24) is 4.57 Å². The quantitative estimate of drug-likeness (QED) is 0.586. The van der Waals surface area contributed by atoms with Crippen molar-refractivity contribution in [2.45, 2.75) is 38.6 Å². The molecule has 30 heavy (non-hydrogen) atoms. The van der Waals surface area contributed by atoms with Gasteiger partial charge in [0.15, 0.2) is 0 Å². The SMILES string of the molecule is Cc1cc(C(=O)Nc2ccc(NS(=O)(=O)c3ccc(F)cc3)cc2)c(C)n1C(C)C. The third-order valence-corrected chi connectivity index (χ3v) is 6.16. The number of nitrogens with zero attached hydrogens (tertiary/aromatic N) is 1. The summed E-state index contributed by atoms with van der Waals surface area (Å²) in [6, 6.07) is 13.0. The Morgan fingerprint density at radius 1 is 0.967 bits per heavy atom. The summed E-state index contributed by atoms with van der Waals surface area (Å²) >= 11 is 0. The Balaban J connectivity index is 1.73. The number of hydrogen-bond acceptors (Lipinski definition) is 3. The van der Waals surface area contributed by atoms with E-state index in [1.165, 1.54) is 12.1 Å². The minimum atomic E-state index is -3.83. The summed E-state index contributed by atoms with van der Waals surface area (Å²) in [5, 5.41) is 2.84. The van der Waals surface area contributed by atoms with E-state index in [0.717, 1.165) is 23.5 Å². The van der Waals surface area contributed by atoms with Gasteiger partial charge in [0.25, 0.3) is 15.9 Å². The molecule has 0 saturated carbocycles. The van der Waals surface area contributed by atoms with E-state index in [4.69, 9.17) is 0 Å². The summed E-state index contributed by atoms with van der Waals surface area (Å²) in [5.41, 5.74) is 3.37. The van der Waals surface area contributed by atoms with Gasteiger partial charge in [-0.15, -0.1) is 0 Å².